The van der Waals surface area contributed by atoms with Gasteiger partial charge in [0.15, 0.2) is 0 Å². The van der Waals surface area contributed by atoms with Crippen molar-refractivity contribution in [2.75, 3.05) is 33.4 Å². The lowest BCUT2D eigenvalue weighted by Gasteiger charge is -2.08. The number of nitrogens with zero attached hydrogens (tertiary/aromatic N) is 3. The average Bonchev–Trinajstić information content (AvgIpc) is 3.02. The molecule has 0 fully saturated rings. The van der Waals surface area contributed by atoms with Crippen LogP contribution in [0.3, 0.4) is 0 Å². The van der Waals surface area contributed by atoms with Gasteiger partial charge in [-0.2, -0.15) is 0 Å². The van der Waals surface area contributed by atoms with E-state index in [4.69, 9.17) is 27.9 Å². The van der Waals surface area contributed by atoms with Crippen molar-refractivity contribution in [3.8, 4) is 5.69 Å². The molecule has 0 spiro atoms. The zero-order valence-corrected chi connectivity index (χ0v) is 16.9. The van der Waals surface area contributed by atoms with Gasteiger partial charge in [0.2, 0.25) is 5.82 Å². The molecule has 0 saturated heterocycles. The highest BCUT2D eigenvalue weighted by molar-refractivity contribution is 6.37. The number of hydrogen-bond acceptors (Lipinski definition) is 5. The molecule has 0 unspecified atom stereocenters. The van der Waals surface area contributed by atoms with Crippen LogP contribution in [0.25, 0.3) is 5.69 Å². The van der Waals surface area contributed by atoms with Gasteiger partial charge in [0.05, 0.1) is 16.7 Å². The third-order valence-electron chi connectivity index (χ3n) is 3.41. The average molecular weight is 423 g/mol. The summed E-state index contributed by atoms with van der Waals surface area (Å²) >= 11 is 12.5. The second kappa shape index (κ2) is 11.4. The number of rotatable bonds is 9. The Hall–Kier alpha value is -1.38. The number of nitrogens with one attached hydrogen (secondary N) is 2. The molecule has 0 bridgehead atoms. The van der Waals surface area contributed by atoms with Gasteiger partial charge in [-0.1, -0.05) is 36.2 Å². The Labute approximate surface area is 168 Å². The smallest absolute Gasteiger partial charge is 0.291 e. The second-order valence-corrected chi connectivity index (χ2v) is 6.00. The molecule has 1 aromatic carbocycles. The maximum atomic E-state index is 12.2. The Bertz CT molecular complexity index is 704. The van der Waals surface area contributed by atoms with Crippen molar-refractivity contribution >= 4 is 41.5 Å². The number of para-hydroxylation sites is 1. The molecule has 2 N–H and O–H groups in total. The highest BCUT2D eigenvalue weighted by Gasteiger charge is 2.19. The largest absolute Gasteiger partial charge is 0.383 e. The van der Waals surface area contributed by atoms with E-state index in [2.05, 4.69) is 20.7 Å². The Morgan fingerprint density at radius 1 is 1.23 bits per heavy atom. The van der Waals surface area contributed by atoms with Gasteiger partial charge >= 0.3 is 0 Å². The van der Waals surface area contributed by atoms with E-state index in [0.717, 1.165) is 6.54 Å². The molecule has 0 saturated carbocycles. The Balaban J connectivity index is 0.00000338. The lowest BCUT2D eigenvalue weighted by molar-refractivity contribution is 0.0943. The van der Waals surface area contributed by atoms with Crippen LogP contribution in [0.5, 0.6) is 0 Å². The maximum Gasteiger partial charge on any atom is 0.291 e. The zero-order chi connectivity index (χ0) is 18.2. The van der Waals surface area contributed by atoms with Gasteiger partial charge in [-0.05, 0) is 12.1 Å². The molecular weight excluding hydrogens is 401 g/mol. The molecule has 0 atom stereocenters. The third-order valence-corrected chi connectivity index (χ3v) is 4.02. The first kappa shape index (κ1) is 22.7. The van der Waals surface area contributed by atoms with Crippen molar-refractivity contribution in [3.05, 3.63) is 39.9 Å². The van der Waals surface area contributed by atoms with Crippen LogP contribution < -0.4 is 10.6 Å². The van der Waals surface area contributed by atoms with Crippen LogP contribution in [-0.4, -0.2) is 54.0 Å². The molecular formula is C16H22Cl3N5O2. The molecule has 1 heterocycles. The van der Waals surface area contributed by atoms with Gasteiger partial charge in [-0.25, -0.2) is 9.67 Å². The maximum absolute atomic E-state index is 12.2. The van der Waals surface area contributed by atoms with Gasteiger partial charge in [-0.3, -0.25) is 4.79 Å². The van der Waals surface area contributed by atoms with E-state index in [0.29, 0.717) is 47.7 Å². The van der Waals surface area contributed by atoms with Crippen LogP contribution in [0.4, 0.5) is 0 Å². The number of methoxy groups -OCH3 is 1. The van der Waals surface area contributed by atoms with Crippen molar-refractivity contribution in [1.29, 1.82) is 0 Å². The first-order valence-electron chi connectivity index (χ1n) is 7.96. The van der Waals surface area contributed by atoms with Crippen molar-refractivity contribution in [2.24, 2.45) is 0 Å². The first-order valence-corrected chi connectivity index (χ1v) is 8.72. The molecule has 0 aliphatic heterocycles. The number of carbonyl (C=O) groups is 1. The molecule has 0 radical (unpaired) electrons. The molecule has 1 aromatic heterocycles. The van der Waals surface area contributed by atoms with Crippen LogP contribution in [0, 0.1) is 0 Å². The molecule has 144 valence electrons. The quantitative estimate of drug-likeness (QED) is 0.607. The van der Waals surface area contributed by atoms with E-state index < -0.39 is 0 Å². The van der Waals surface area contributed by atoms with Gasteiger partial charge in [0.25, 0.3) is 5.91 Å². The molecule has 1 amide bonds. The SMILES string of the molecule is CCc1nc(C(=O)NCCNCCOC)nn1-c1c(Cl)cccc1Cl.Cl. The zero-order valence-electron chi connectivity index (χ0n) is 14.6. The van der Waals surface area contributed by atoms with Crippen LogP contribution in [-0.2, 0) is 11.2 Å². The third kappa shape index (κ3) is 5.82. The van der Waals surface area contributed by atoms with Crippen molar-refractivity contribution in [2.45, 2.75) is 13.3 Å². The number of aryl methyl sites for hydroxylation is 1. The number of aromatic nitrogens is 3. The monoisotopic (exact) mass is 421 g/mol. The van der Waals surface area contributed by atoms with E-state index >= 15 is 0 Å². The summed E-state index contributed by atoms with van der Waals surface area (Å²) in [6.07, 6.45) is 0.584. The summed E-state index contributed by atoms with van der Waals surface area (Å²) in [6.45, 7) is 4.37. The standard InChI is InChI=1S/C16H21Cl2N5O2.ClH/c1-3-13-21-15(16(24)20-8-7-19-9-10-25-2)22-23(13)14-11(17)5-4-6-12(14)18;/h4-6,19H,3,7-10H2,1-2H3,(H,20,24);1H. The van der Waals surface area contributed by atoms with E-state index in [-0.39, 0.29) is 24.1 Å². The van der Waals surface area contributed by atoms with E-state index in [1.165, 1.54) is 4.68 Å². The van der Waals surface area contributed by atoms with Gasteiger partial charge < -0.3 is 15.4 Å². The molecule has 0 aliphatic rings. The number of amides is 1. The van der Waals surface area contributed by atoms with Crippen LogP contribution in [0.2, 0.25) is 10.0 Å². The van der Waals surface area contributed by atoms with Crippen LogP contribution in [0.15, 0.2) is 18.2 Å². The predicted molar refractivity (Wildman–Crippen MR) is 105 cm³/mol. The minimum Gasteiger partial charge on any atom is -0.383 e. The Morgan fingerprint density at radius 2 is 1.92 bits per heavy atom. The topological polar surface area (TPSA) is 81.1 Å². The summed E-state index contributed by atoms with van der Waals surface area (Å²) in [6, 6.07) is 5.19. The number of ether oxygens (including phenoxy) is 1. The summed E-state index contributed by atoms with van der Waals surface area (Å²) in [7, 11) is 1.64. The van der Waals surface area contributed by atoms with E-state index in [1.807, 2.05) is 6.92 Å². The number of carbonyl (C=O) groups excluding carboxylic acids is 1. The molecule has 2 aromatic rings. The summed E-state index contributed by atoms with van der Waals surface area (Å²) in [4.78, 5) is 16.5. The highest BCUT2D eigenvalue weighted by Crippen LogP contribution is 2.28. The number of benzene rings is 1. The first-order chi connectivity index (χ1) is 12.1. The van der Waals surface area contributed by atoms with Gasteiger partial charge in [-0.15, -0.1) is 17.5 Å². The highest BCUT2D eigenvalue weighted by atomic mass is 35.5. The number of halogens is 3. The van der Waals surface area contributed by atoms with E-state index in [9.17, 15) is 4.79 Å². The second-order valence-electron chi connectivity index (χ2n) is 5.19. The molecule has 26 heavy (non-hydrogen) atoms. The molecule has 7 nitrogen and oxygen atoms in total. The molecule has 10 heteroatoms. The van der Waals surface area contributed by atoms with Gasteiger partial charge in [0.1, 0.15) is 11.5 Å². The lowest BCUT2D eigenvalue weighted by Crippen LogP contribution is -2.33. The summed E-state index contributed by atoms with van der Waals surface area (Å²) in [5, 5.41) is 11.1. The summed E-state index contributed by atoms with van der Waals surface area (Å²) in [5.41, 5.74) is 0.524. The predicted octanol–water partition coefficient (Wildman–Crippen LogP) is 2.52. The van der Waals surface area contributed by atoms with Crippen molar-refractivity contribution in [1.82, 2.24) is 25.4 Å². The normalized spacial score (nSPS) is 10.5. The minimum absolute atomic E-state index is 0. The molecule has 2 rings (SSSR count). The lowest BCUT2D eigenvalue weighted by atomic mass is 10.3. The summed E-state index contributed by atoms with van der Waals surface area (Å²) in [5.74, 6) is 0.355. The molecule has 0 aliphatic carbocycles. The van der Waals surface area contributed by atoms with Crippen LogP contribution >= 0.6 is 35.6 Å². The minimum atomic E-state index is -0.342. The Morgan fingerprint density at radius 3 is 2.54 bits per heavy atom. The fourth-order valence-electron chi connectivity index (χ4n) is 2.18. The van der Waals surface area contributed by atoms with Crippen molar-refractivity contribution in [3.63, 3.8) is 0 Å². The number of hydrogen-bond donors (Lipinski definition) is 2. The Kier molecular flexibility index (Phi) is 9.90. The van der Waals surface area contributed by atoms with Crippen molar-refractivity contribution < 1.29 is 9.53 Å². The van der Waals surface area contributed by atoms with Crippen LogP contribution in [0.1, 0.15) is 23.4 Å². The summed E-state index contributed by atoms with van der Waals surface area (Å²) < 4.78 is 6.46. The van der Waals surface area contributed by atoms with Gasteiger partial charge in [0, 0.05) is 33.2 Å². The van der Waals surface area contributed by atoms with E-state index in [1.54, 1.807) is 25.3 Å². The fraction of sp³-hybridized carbons (Fsp3) is 0.438. The fourth-order valence-corrected chi connectivity index (χ4v) is 2.74.